The Hall–Kier alpha value is -1.96. The highest BCUT2D eigenvalue weighted by Gasteiger charge is 2.29. The molecule has 140 valence electrons. The molecular weight excluding hydrogens is 348 g/mol. The van der Waals surface area contributed by atoms with Crippen LogP contribution in [0.3, 0.4) is 0 Å². The van der Waals surface area contributed by atoms with Crippen LogP contribution in [0.15, 0.2) is 12.4 Å². The maximum absolute atomic E-state index is 12.6. The van der Waals surface area contributed by atoms with Crippen molar-refractivity contribution in [2.75, 3.05) is 18.4 Å². The lowest BCUT2D eigenvalue weighted by atomic mass is 9.79. The minimum atomic E-state index is -0.0189. The molecule has 2 aromatic heterocycles. The molecule has 1 fully saturated rings. The van der Waals surface area contributed by atoms with Crippen molar-refractivity contribution < 1.29 is 4.79 Å². The Morgan fingerprint density at radius 2 is 2.19 bits per heavy atom. The molecule has 7 nitrogen and oxygen atoms in total. The molecule has 0 spiro atoms. The third kappa shape index (κ3) is 3.90. The molecule has 26 heavy (non-hydrogen) atoms. The first-order valence-electron chi connectivity index (χ1n) is 9.37. The summed E-state index contributed by atoms with van der Waals surface area (Å²) in [6.07, 6.45) is 8.83. The third-order valence-electron chi connectivity index (χ3n) is 5.49. The highest BCUT2D eigenvalue weighted by Crippen LogP contribution is 2.38. The molecule has 0 unspecified atom stereocenters. The number of hydrogen-bond acceptors (Lipinski definition) is 5. The van der Waals surface area contributed by atoms with Crippen LogP contribution in [0.1, 0.15) is 43.7 Å². The second-order valence-electron chi connectivity index (χ2n) is 8.22. The van der Waals surface area contributed by atoms with Gasteiger partial charge in [-0.2, -0.15) is 0 Å². The number of carbonyl (C=O) groups excluding carboxylic acids is 1. The van der Waals surface area contributed by atoms with Gasteiger partial charge in [0.05, 0.1) is 11.9 Å². The average Bonchev–Trinajstić information content (AvgIpc) is 3.23. The summed E-state index contributed by atoms with van der Waals surface area (Å²) in [7, 11) is 0. The monoisotopic (exact) mass is 374 g/mol. The van der Waals surface area contributed by atoms with Crippen LogP contribution in [-0.4, -0.2) is 44.0 Å². The third-order valence-corrected chi connectivity index (χ3v) is 6.50. The van der Waals surface area contributed by atoms with Gasteiger partial charge in [-0.25, -0.2) is 9.78 Å². The van der Waals surface area contributed by atoms with E-state index in [0.29, 0.717) is 11.3 Å². The van der Waals surface area contributed by atoms with Gasteiger partial charge < -0.3 is 4.90 Å². The van der Waals surface area contributed by atoms with Crippen molar-refractivity contribution in [1.29, 1.82) is 0 Å². The number of thiazole rings is 1. The van der Waals surface area contributed by atoms with Crippen molar-refractivity contribution in [1.82, 2.24) is 24.9 Å². The number of urea groups is 1. The van der Waals surface area contributed by atoms with Gasteiger partial charge in [-0.3, -0.25) is 10.00 Å². The van der Waals surface area contributed by atoms with Crippen LogP contribution in [0.4, 0.5) is 9.93 Å². The Morgan fingerprint density at radius 1 is 1.38 bits per heavy atom. The zero-order chi connectivity index (χ0) is 18.1. The van der Waals surface area contributed by atoms with Crippen LogP contribution >= 0.6 is 11.3 Å². The number of nitrogens with one attached hydrogen (secondary N) is 1. The zero-order valence-corrected chi connectivity index (χ0v) is 16.3. The number of fused-ring (bicyclic) bond motifs is 1. The second kappa shape index (κ2) is 6.98. The number of piperidine rings is 1. The van der Waals surface area contributed by atoms with Crippen molar-refractivity contribution in [2.24, 2.45) is 11.3 Å². The summed E-state index contributed by atoms with van der Waals surface area (Å²) in [6, 6.07) is -0.0189. The molecule has 8 heteroatoms. The van der Waals surface area contributed by atoms with Gasteiger partial charge >= 0.3 is 6.03 Å². The van der Waals surface area contributed by atoms with Gasteiger partial charge in [-0.05, 0) is 43.4 Å². The van der Waals surface area contributed by atoms with Crippen molar-refractivity contribution in [3.8, 4) is 0 Å². The Kier molecular flexibility index (Phi) is 4.69. The molecule has 2 amide bonds. The topological polar surface area (TPSA) is 75.9 Å². The van der Waals surface area contributed by atoms with Gasteiger partial charge in [0.15, 0.2) is 5.13 Å². The van der Waals surface area contributed by atoms with Gasteiger partial charge in [0, 0.05) is 30.7 Å². The lowest BCUT2D eigenvalue weighted by molar-refractivity contribution is 0.175. The van der Waals surface area contributed by atoms with E-state index in [-0.39, 0.29) is 6.03 Å². The molecule has 0 bridgehead atoms. The van der Waals surface area contributed by atoms with Gasteiger partial charge in [0.1, 0.15) is 0 Å². The second-order valence-corrected chi connectivity index (χ2v) is 9.30. The predicted octanol–water partition coefficient (Wildman–Crippen LogP) is 3.19. The van der Waals surface area contributed by atoms with Gasteiger partial charge in [-0.1, -0.05) is 19.1 Å². The molecule has 4 rings (SSSR count). The fourth-order valence-corrected chi connectivity index (χ4v) is 5.09. The summed E-state index contributed by atoms with van der Waals surface area (Å²) in [6.45, 7) is 7.05. The lowest BCUT2D eigenvalue weighted by Crippen LogP contribution is -2.41. The Balaban J connectivity index is 1.30. The number of carbonyl (C=O) groups is 1. The molecule has 2 aliphatic rings. The minimum absolute atomic E-state index is 0.0189. The normalized spacial score (nSPS) is 20.0. The first-order valence-corrected chi connectivity index (χ1v) is 10.2. The fraction of sp³-hybridized carbons (Fsp3) is 0.667. The van der Waals surface area contributed by atoms with Crippen molar-refractivity contribution in [3.05, 3.63) is 23.0 Å². The summed E-state index contributed by atoms with van der Waals surface area (Å²) in [5, 5.41) is 11.7. The Labute approximate surface area is 157 Å². The quantitative estimate of drug-likeness (QED) is 0.895. The SMILES string of the molecule is CC1(C)CCc2nc(NC(=O)N3CCC(Cn4ccnn4)CC3)sc2C1. The number of nitrogens with zero attached hydrogens (tertiary/aromatic N) is 5. The number of amides is 2. The van der Waals surface area contributed by atoms with E-state index in [1.165, 1.54) is 10.6 Å². The van der Waals surface area contributed by atoms with Crippen LogP contribution in [0.25, 0.3) is 0 Å². The highest BCUT2D eigenvalue weighted by molar-refractivity contribution is 7.15. The highest BCUT2D eigenvalue weighted by atomic mass is 32.1. The molecular formula is C18H26N6OS. The molecule has 1 N–H and O–H groups in total. The van der Waals surface area contributed by atoms with Gasteiger partial charge in [0.25, 0.3) is 0 Å². The van der Waals surface area contributed by atoms with Crippen LogP contribution < -0.4 is 5.32 Å². The molecule has 0 radical (unpaired) electrons. The lowest BCUT2D eigenvalue weighted by Gasteiger charge is -2.31. The summed E-state index contributed by atoms with van der Waals surface area (Å²) in [4.78, 5) is 20.5. The summed E-state index contributed by atoms with van der Waals surface area (Å²) in [5.74, 6) is 0.551. The van der Waals surface area contributed by atoms with Crippen molar-refractivity contribution in [3.63, 3.8) is 0 Å². The first kappa shape index (κ1) is 17.5. The van der Waals surface area contributed by atoms with Crippen LogP contribution in [0.5, 0.6) is 0 Å². The first-order chi connectivity index (χ1) is 12.5. The number of rotatable bonds is 3. The van der Waals surface area contributed by atoms with E-state index >= 15 is 0 Å². The summed E-state index contributed by atoms with van der Waals surface area (Å²) in [5.41, 5.74) is 1.52. The van der Waals surface area contributed by atoms with Crippen LogP contribution in [-0.2, 0) is 19.4 Å². The van der Waals surface area contributed by atoms with E-state index in [0.717, 1.165) is 56.9 Å². The van der Waals surface area contributed by atoms with E-state index in [9.17, 15) is 4.79 Å². The number of aromatic nitrogens is 4. The van der Waals surface area contributed by atoms with E-state index in [1.54, 1.807) is 17.5 Å². The number of hydrogen-bond donors (Lipinski definition) is 1. The fourth-order valence-electron chi connectivity index (χ4n) is 3.83. The predicted molar refractivity (Wildman–Crippen MR) is 101 cm³/mol. The van der Waals surface area contributed by atoms with Crippen molar-refractivity contribution in [2.45, 2.75) is 52.5 Å². The van der Waals surface area contributed by atoms with E-state index in [4.69, 9.17) is 0 Å². The van der Waals surface area contributed by atoms with E-state index < -0.39 is 0 Å². The zero-order valence-electron chi connectivity index (χ0n) is 15.4. The Morgan fingerprint density at radius 3 is 2.92 bits per heavy atom. The molecule has 0 aromatic carbocycles. The smallest absolute Gasteiger partial charge is 0.323 e. The van der Waals surface area contributed by atoms with Crippen LogP contribution in [0.2, 0.25) is 0 Å². The van der Waals surface area contributed by atoms with E-state index in [1.807, 2.05) is 15.8 Å². The molecule has 3 heterocycles. The molecule has 0 saturated carbocycles. The largest absolute Gasteiger partial charge is 0.324 e. The van der Waals surface area contributed by atoms with Gasteiger partial charge in [-0.15, -0.1) is 16.4 Å². The number of aryl methyl sites for hydroxylation is 1. The maximum atomic E-state index is 12.6. The van der Waals surface area contributed by atoms with Gasteiger partial charge in [0.2, 0.25) is 0 Å². The van der Waals surface area contributed by atoms with Crippen LogP contribution in [0, 0.1) is 11.3 Å². The molecule has 1 saturated heterocycles. The minimum Gasteiger partial charge on any atom is -0.324 e. The number of likely N-dealkylation sites (tertiary alicyclic amines) is 1. The molecule has 2 aromatic rings. The molecule has 1 aliphatic heterocycles. The summed E-state index contributed by atoms with van der Waals surface area (Å²) >= 11 is 1.64. The number of anilines is 1. The maximum Gasteiger partial charge on any atom is 0.323 e. The molecule has 1 aliphatic carbocycles. The summed E-state index contributed by atoms with van der Waals surface area (Å²) < 4.78 is 1.88. The van der Waals surface area contributed by atoms with Crippen molar-refractivity contribution >= 4 is 22.5 Å². The van der Waals surface area contributed by atoms with E-state index in [2.05, 4.69) is 34.5 Å². The Bertz CT molecular complexity index is 761. The average molecular weight is 375 g/mol. The standard InChI is InChI=1S/C18H26N6OS/c1-18(2)6-3-14-15(11-18)26-16(20-14)21-17(25)23-8-4-13(5-9-23)12-24-10-7-19-22-24/h7,10,13H,3-6,8-9,11-12H2,1-2H3,(H,20,21,25). The molecule has 0 atom stereocenters.